The summed E-state index contributed by atoms with van der Waals surface area (Å²) in [5, 5.41) is 5.93. The van der Waals surface area contributed by atoms with Crippen molar-refractivity contribution < 1.29 is 13.9 Å². The first kappa shape index (κ1) is 28.9. The van der Waals surface area contributed by atoms with Crippen molar-refractivity contribution in [3.8, 4) is 23.1 Å². The van der Waals surface area contributed by atoms with Crippen LogP contribution in [0.15, 0.2) is 111 Å². The molecule has 7 nitrogen and oxygen atoms in total. The van der Waals surface area contributed by atoms with Crippen LogP contribution in [0.5, 0.6) is 11.5 Å². The molecule has 2 aromatic heterocycles. The van der Waals surface area contributed by atoms with Gasteiger partial charge in [-0.1, -0.05) is 68.3 Å². The lowest BCUT2D eigenvalue weighted by Crippen LogP contribution is -2.20. The summed E-state index contributed by atoms with van der Waals surface area (Å²) in [5.41, 5.74) is 2.53. The third-order valence-electron chi connectivity index (χ3n) is 6.47. The normalized spacial score (nSPS) is 11.5. The van der Waals surface area contributed by atoms with Crippen molar-refractivity contribution in [3.63, 3.8) is 0 Å². The summed E-state index contributed by atoms with van der Waals surface area (Å²) in [5.74, 6) is 1.72. The monoisotopic (exact) mass is 813 g/mol. The van der Waals surface area contributed by atoms with Crippen molar-refractivity contribution in [1.29, 1.82) is 0 Å². The SMILES string of the molecule is COc1cc(C=Nn2c(-c3cc4ccccc4o3)nc3ccccc3c2=O)c(Br)c(Br)c1OCc1ccc(Br)cc1Br. The summed E-state index contributed by atoms with van der Waals surface area (Å²) >= 11 is 14.3. The standard InChI is InChI=1S/C31H19Br4N3O4/c1-40-25-13-19(27(34)28(35)29(25)41-16-18-10-11-20(32)14-22(18)33)15-36-38-30(26-12-17-6-2-5-9-24(17)42-26)37-23-8-4-3-7-21(23)31(38)39/h2-15H,16H2,1H3. The van der Waals surface area contributed by atoms with Gasteiger partial charge in [0.15, 0.2) is 17.3 Å². The first-order valence-corrected chi connectivity index (χ1v) is 15.7. The molecule has 0 saturated heterocycles. The molecular formula is C31H19Br4N3O4. The minimum Gasteiger partial charge on any atom is -0.493 e. The second kappa shape index (κ2) is 12.2. The molecule has 0 spiro atoms. The van der Waals surface area contributed by atoms with E-state index in [1.54, 1.807) is 37.6 Å². The van der Waals surface area contributed by atoms with Crippen LogP contribution >= 0.6 is 63.7 Å². The fourth-order valence-electron chi connectivity index (χ4n) is 4.38. The minimum absolute atomic E-state index is 0.285. The average molecular weight is 817 g/mol. The molecule has 0 fully saturated rings. The Kier molecular flexibility index (Phi) is 8.35. The van der Waals surface area contributed by atoms with Crippen LogP contribution in [0.4, 0.5) is 0 Å². The van der Waals surface area contributed by atoms with Crippen LogP contribution in [0.3, 0.4) is 0 Å². The molecule has 11 heteroatoms. The molecule has 0 aliphatic carbocycles. The van der Waals surface area contributed by atoms with Crippen LogP contribution < -0.4 is 15.0 Å². The Balaban J connectivity index is 1.42. The van der Waals surface area contributed by atoms with E-state index in [2.05, 4.69) is 68.8 Å². The number of rotatable bonds is 7. The summed E-state index contributed by atoms with van der Waals surface area (Å²) in [6.07, 6.45) is 1.57. The van der Waals surface area contributed by atoms with Gasteiger partial charge in [0.05, 0.1) is 28.7 Å². The molecule has 0 atom stereocenters. The van der Waals surface area contributed by atoms with E-state index >= 15 is 0 Å². The molecule has 42 heavy (non-hydrogen) atoms. The van der Waals surface area contributed by atoms with Crippen molar-refractivity contribution >= 4 is 91.8 Å². The second-order valence-corrected chi connectivity index (χ2v) is 12.5. The fourth-order valence-corrected chi connectivity index (χ4v) is 6.47. The number of aromatic nitrogens is 2. The highest BCUT2D eigenvalue weighted by molar-refractivity contribution is 9.13. The summed E-state index contributed by atoms with van der Waals surface area (Å²) in [6.45, 7) is 0.307. The Hall–Kier alpha value is -3.25. The number of halogens is 4. The molecule has 6 rings (SSSR count). The van der Waals surface area contributed by atoms with Gasteiger partial charge in [0.1, 0.15) is 12.2 Å². The first-order valence-electron chi connectivity index (χ1n) is 12.5. The van der Waals surface area contributed by atoms with E-state index < -0.39 is 0 Å². The first-order chi connectivity index (χ1) is 20.3. The van der Waals surface area contributed by atoms with Gasteiger partial charge < -0.3 is 13.9 Å². The minimum atomic E-state index is -0.325. The topological polar surface area (TPSA) is 78.9 Å². The fraction of sp³-hybridized carbons (Fsp3) is 0.0645. The zero-order chi connectivity index (χ0) is 29.4. The highest BCUT2D eigenvalue weighted by Crippen LogP contribution is 2.43. The van der Waals surface area contributed by atoms with Gasteiger partial charge >= 0.3 is 0 Å². The maximum absolute atomic E-state index is 13.7. The number of fused-ring (bicyclic) bond motifs is 2. The van der Waals surface area contributed by atoms with Crippen LogP contribution in [0.25, 0.3) is 33.5 Å². The lowest BCUT2D eigenvalue weighted by Gasteiger charge is -2.16. The molecule has 0 aliphatic rings. The molecule has 0 aliphatic heterocycles. The lowest BCUT2D eigenvalue weighted by molar-refractivity contribution is 0.281. The smallest absolute Gasteiger partial charge is 0.282 e. The maximum atomic E-state index is 13.7. The van der Waals surface area contributed by atoms with Gasteiger partial charge in [-0.25, -0.2) is 4.98 Å². The van der Waals surface area contributed by atoms with Gasteiger partial charge in [-0.2, -0.15) is 9.78 Å². The quantitative estimate of drug-likeness (QED) is 0.150. The third kappa shape index (κ3) is 5.58. The van der Waals surface area contributed by atoms with Crippen LogP contribution in [-0.2, 0) is 6.61 Å². The maximum Gasteiger partial charge on any atom is 0.282 e. The van der Waals surface area contributed by atoms with Crippen molar-refractivity contribution in [2.75, 3.05) is 7.11 Å². The number of ether oxygens (including phenoxy) is 2. The number of benzene rings is 4. The van der Waals surface area contributed by atoms with Crippen molar-refractivity contribution in [1.82, 2.24) is 9.66 Å². The number of nitrogens with zero attached hydrogens (tertiary/aromatic N) is 3. The predicted molar refractivity (Wildman–Crippen MR) is 179 cm³/mol. The molecule has 0 saturated carbocycles. The largest absolute Gasteiger partial charge is 0.493 e. The lowest BCUT2D eigenvalue weighted by atomic mass is 10.2. The molecular weight excluding hydrogens is 798 g/mol. The van der Waals surface area contributed by atoms with E-state index in [-0.39, 0.29) is 11.4 Å². The molecule has 0 amide bonds. The van der Waals surface area contributed by atoms with Crippen LogP contribution in [-0.4, -0.2) is 23.0 Å². The number of hydrogen-bond donors (Lipinski definition) is 0. The van der Waals surface area contributed by atoms with Crippen molar-refractivity contribution in [2.45, 2.75) is 6.61 Å². The summed E-state index contributed by atoms with van der Waals surface area (Å²) in [6, 6.07) is 24.3. The van der Waals surface area contributed by atoms with Gasteiger partial charge in [-0.15, -0.1) is 0 Å². The Morgan fingerprint density at radius 3 is 2.52 bits per heavy atom. The summed E-state index contributed by atoms with van der Waals surface area (Å²) in [7, 11) is 1.57. The molecule has 6 aromatic rings. The molecule has 0 unspecified atom stereocenters. The Morgan fingerprint density at radius 2 is 1.74 bits per heavy atom. The van der Waals surface area contributed by atoms with E-state index in [0.29, 0.717) is 54.9 Å². The van der Waals surface area contributed by atoms with Gasteiger partial charge in [-0.3, -0.25) is 4.79 Å². The number of hydrogen-bond acceptors (Lipinski definition) is 6. The van der Waals surface area contributed by atoms with Crippen LogP contribution in [0.1, 0.15) is 11.1 Å². The van der Waals surface area contributed by atoms with E-state index in [4.69, 9.17) is 18.9 Å². The zero-order valence-electron chi connectivity index (χ0n) is 21.8. The molecule has 2 heterocycles. The van der Waals surface area contributed by atoms with Crippen molar-refractivity contribution in [2.24, 2.45) is 5.10 Å². The second-order valence-electron chi connectivity index (χ2n) is 9.11. The average Bonchev–Trinajstić information content (AvgIpc) is 3.43. The van der Waals surface area contributed by atoms with Gasteiger partial charge in [0.2, 0.25) is 5.82 Å². The molecule has 0 bridgehead atoms. The molecule has 4 aromatic carbocycles. The number of furan rings is 1. The number of methoxy groups -OCH3 is 1. The van der Waals surface area contributed by atoms with Crippen LogP contribution in [0.2, 0.25) is 0 Å². The Morgan fingerprint density at radius 1 is 0.952 bits per heavy atom. The summed E-state index contributed by atoms with van der Waals surface area (Å²) < 4.78 is 22.3. The summed E-state index contributed by atoms with van der Waals surface area (Å²) in [4.78, 5) is 18.4. The molecule has 0 radical (unpaired) electrons. The molecule has 0 N–H and O–H groups in total. The van der Waals surface area contributed by atoms with Gasteiger partial charge in [0.25, 0.3) is 5.56 Å². The Bertz CT molecular complexity index is 2040. The number of para-hydroxylation sites is 2. The Labute approximate surface area is 273 Å². The third-order valence-corrected chi connectivity index (χ3v) is 9.85. The zero-order valence-corrected chi connectivity index (χ0v) is 28.1. The highest BCUT2D eigenvalue weighted by atomic mass is 79.9. The van der Waals surface area contributed by atoms with E-state index in [1.807, 2.05) is 54.6 Å². The van der Waals surface area contributed by atoms with E-state index in [0.717, 1.165) is 19.9 Å². The van der Waals surface area contributed by atoms with Gasteiger partial charge in [-0.05, 0) is 74.3 Å². The van der Waals surface area contributed by atoms with Crippen LogP contribution in [0, 0.1) is 0 Å². The van der Waals surface area contributed by atoms with E-state index in [1.165, 1.54) is 4.68 Å². The molecule has 210 valence electrons. The van der Waals surface area contributed by atoms with Crippen molar-refractivity contribution in [3.05, 3.63) is 118 Å². The van der Waals surface area contributed by atoms with Gasteiger partial charge in [0, 0.05) is 29.9 Å². The highest BCUT2D eigenvalue weighted by Gasteiger charge is 2.19. The predicted octanol–water partition coefficient (Wildman–Crippen LogP) is 9.33. The van der Waals surface area contributed by atoms with E-state index in [9.17, 15) is 4.79 Å².